The number of nitrogens with zero attached hydrogens (tertiary/aromatic N) is 8. The zero-order valence-electron chi connectivity index (χ0n) is 54.9. The molecule has 98 heavy (non-hydrogen) atoms. The predicted molar refractivity (Wildman–Crippen MR) is 370 cm³/mol. The number of hydrogen-bond acceptors (Lipinski definition) is 14. The lowest BCUT2D eigenvalue weighted by Crippen LogP contribution is -2.18. The van der Waals surface area contributed by atoms with Crippen molar-refractivity contribution in [3.63, 3.8) is 0 Å². The zero-order chi connectivity index (χ0) is 66.8. The average Bonchev–Trinajstić information content (AvgIpc) is 1.65. The molecule has 0 saturated heterocycles. The van der Waals surface area contributed by atoms with Crippen LogP contribution in [-0.4, -0.2) is 38.2 Å². The van der Waals surface area contributed by atoms with Gasteiger partial charge in [-0.1, -0.05) is 127 Å². The second kappa shape index (κ2) is 31.4. The molecular formula is C80H74N8O10. The Labute approximate surface area is 569 Å². The Morgan fingerprint density at radius 3 is 0.694 bits per heavy atom. The minimum absolute atomic E-state index is 0.142. The molecule has 0 atom stereocenters. The molecule has 0 fully saturated rings. The molecule has 0 radical (unpaired) electrons. The number of imidazole rings is 4. The number of hydrogen-bond donors (Lipinski definition) is 0. The van der Waals surface area contributed by atoms with Gasteiger partial charge in [-0.15, -0.1) is 0 Å². The summed E-state index contributed by atoms with van der Waals surface area (Å²) in [7, 11) is 7.73. The third kappa shape index (κ3) is 17.4. The van der Waals surface area contributed by atoms with Crippen LogP contribution in [0.2, 0.25) is 0 Å². The maximum Gasteiger partial charge on any atom is 0.213 e. The van der Waals surface area contributed by atoms with E-state index >= 15 is 0 Å². The minimum Gasteiger partial charge on any atom is -0.489 e. The SMILES string of the molecule is Cn1ccnc1C(Oc1cc(COc2cccc(OCc3cc(OCc4cc(OCc5ccccc5)cc(OCc5ccccc5)c4)cc(OC(c4nccn4C)c4nccn4C)c3)c2)cc(OCc2cc(OCc3ccccc3)cc(OCc3ccccc3)c2)c1)c1nccn1C. The van der Waals surface area contributed by atoms with Crippen LogP contribution in [0.15, 0.2) is 268 Å². The first-order valence-electron chi connectivity index (χ1n) is 32.2. The molecule has 0 saturated carbocycles. The fourth-order valence-electron chi connectivity index (χ4n) is 11.0. The number of aromatic nitrogens is 8. The van der Waals surface area contributed by atoms with E-state index in [9.17, 15) is 0 Å². The van der Waals surface area contributed by atoms with Gasteiger partial charge in [0.15, 0.2) is 23.3 Å². The Bertz CT molecular complexity index is 4200. The lowest BCUT2D eigenvalue weighted by molar-refractivity contribution is 0.216. The standard InChI is InChI=1S/C80H74N8O10/c1-85-32-28-81-77(85)75(78-82-29-33-86(78)2)97-73-42-63(40-71(47-73)95-55-61-36-67(91-49-57-18-9-5-10-19-57)45-68(37-61)92-50-58-20-11-6-12-21-58)53-89-65-26-17-27-66(44-65)90-54-64-41-72(48-74(43-64)98-76(79-83-30-34-87(79)3)80-84-31-35-88(80)4)96-56-62-38-69(93-51-59-22-13-7-14-23-59)46-70(39-62)94-52-60-24-15-8-16-25-60/h5-48,75-76H,49-56H2,1-4H3. The van der Waals surface area contributed by atoms with Crippen molar-refractivity contribution in [2.45, 2.75) is 65.1 Å². The smallest absolute Gasteiger partial charge is 0.213 e. The highest BCUT2D eigenvalue weighted by Gasteiger charge is 2.27. The summed E-state index contributed by atoms with van der Waals surface area (Å²) in [5.74, 6) is 8.52. The highest BCUT2D eigenvalue weighted by molar-refractivity contribution is 5.45. The third-order valence-corrected chi connectivity index (χ3v) is 16.1. The van der Waals surface area contributed by atoms with Gasteiger partial charge < -0.3 is 65.6 Å². The highest BCUT2D eigenvalue weighted by atomic mass is 16.5. The van der Waals surface area contributed by atoms with Crippen LogP contribution in [-0.2, 0) is 81.0 Å². The summed E-state index contributed by atoms with van der Waals surface area (Å²) in [6.45, 7) is 2.17. The van der Waals surface area contributed by atoms with E-state index in [2.05, 4.69) is 0 Å². The first kappa shape index (κ1) is 64.5. The van der Waals surface area contributed by atoms with E-state index in [1.165, 1.54) is 0 Å². The molecule has 0 bridgehead atoms. The van der Waals surface area contributed by atoms with Crippen LogP contribution >= 0.6 is 0 Å². The van der Waals surface area contributed by atoms with Gasteiger partial charge in [-0.3, -0.25) is 0 Å². The van der Waals surface area contributed by atoms with E-state index in [-0.39, 0.29) is 26.4 Å². The Kier molecular flexibility index (Phi) is 20.7. The van der Waals surface area contributed by atoms with E-state index in [4.69, 9.17) is 67.3 Å². The van der Waals surface area contributed by atoms with Crippen LogP contribution in [0.4, 0.5) is 0 Å². The van der Waals surface area contributed by atoms with Gasteiger partial charge in [-0.2, -0.15) is 0 Å². The zero-order valence-corrected chi connectivity index (χ0v) is 54.9. The van der Waals surface area contributed by atoms with E-state index < -0.39 is 12.2 Å². The van der Waals surface area contributed by atoms with E-state index in [0.29, 0.717) is 107 Å². The topological polar surface area (TPSA) is 164 Å². The average molecular weight is 1310 g/mol. The van der Waals surface area contributed by atoms with Crippen molar-refractivity contribution in [2.75, 3.05) is 0 Å². The fraction of sp³-hybridized carbons (Fsp3) is 0.175. The van der Waals surface area contributed by atoms with Gasteiger partial charge in [0, 0.05) is 108 Å². The van der Waals surface area contributed by atoms with Crippen molar-refractivity contribution < 1.29 is 47.4 Å². The monoisotopic (exact) mass is 1310 g/mol. The largest absolute Gasteiger partial charge is 0.489 e. The number of ether oxygens (including phenoxy) is 10. The van der Waals surface area contributed by atoms with Crippen LogP contribution in [0, 0.1) is 0 Å². The van der Waals surface area contributed by atoms with Gasteiger partial charge in [0.1, 0.15) is 110 Å². The summed E-state index contributed by atoms with van der Waals surface area (Å²) in [5.41, 5.74) is 7.40. The maximum atomic E-state index is 6.91. The molecule has 0 aliphatic heterocycles. The number of aryl methyl sites for hydroxylation is 4. The quantitative estimate of drug-likeness (QED) is 0.0391. The molecule has 0 amide bonds. The van der Waals surface area contributed by atoms with E-state index in [1.54, 1.807) is 24.8 Å². The van der Waals surface area contributed by atoms with Crippen molar-refractivity contribution in [1.29, 1.82) is 0 Å². The number of rotatable bonds is 32. The molecule has 13 rings (SSSR count). The Morgan fingerprint density at radius 1 is 0.235 bits per heavy atom. The molecule has 0 aliphatic carbocycles. The second-order valence-corrected chi connectivity index (χ2v) is 23.6. The van der Waals surface area contributed by atoms with Gasteiger partial charge in [0.05, 0.1) is 0 Å². The fourth-order valence-corrected chi connectivity index (χ4v) is 11.0. The molecule has 0 N–H and O–H groups in total. The molecule has 0 unspecified atom stereocenters. The van der Waals surface area contributed by atoms with Crippen LogP contribution in [0.1, 0.15) is 80.0 Å². The maximum absolute atomic E-state index is 6.91. The summed E-state index contributed by atoms with van der Waals surface area (Å²) in [4.78, 5) is 18.8. The highest BCUT2D eigenvalue weighted by Crippen LogP contribution is 2.36. The molecule has 4 heterocycles. The summed E-state index contributed by atoms with van der Waals surface area (Å²) >= 11 is 0. The first-order valence-corrected chi connectivity index (χ1v) is 32.2. The van der Waals surface area contributed by atoms with E-state index in [0.717, 1.165) is 44.5 Å². The lowest BCUT2D eigenvalue weighted by Gasteiger charge is -2.20. The molecule has 494 valence electrons. The first-order chi connectivity index (χ1) is 48.1. The van der Waals surface area contributed by atoms with Gasteiger partial charge >= 0.3 is 0 Å². The van der Waals surface area contributed by atoms with Gasteiger partial charge in [-0.05, 0) is 105 Å². The van der Waals surface area contributed by atoms with Crippen molar-refractivity contribution in [2.24, 2.45) is 28.2 Å². The van der Waals surface area contributed by atoms with Crippen molar-refractivity contribution in [3.8, 4) is 57.5 Å². The summed E-state index contributed by atoms with van der Waals surface area (Å²) in [6, 6.07) is 71.0. The van der Waals surface area contributed by atoms with Crippen molar-refractivity contribution in [3.05, 3.63) is 336 Å². The van der Waals surface area contributed by atoms with E-state index in [1.807, 2.05) is 290 Å². The minimum atomic E-state index is -0.672. The molecule has 0 aliphatic rings. The van der Waals surface area contributed by atoms with Gasteiger partial charge in [-0.25, -0.2) is 19.9 Å². The van der Waals surface area contributed by atoms with Gasteiger partial charge in [0.25, 0.3) is 0 Å². The molecule has 13 aromatic rings. The molecule has 18 nitrogen and oxygen atoms in total. The molecular weight excluding hydrogens is 1230 g/mol. The Morgan fingerprint density at radius 2 is 0.449 bits per heavy atom. The summed E-state index contributed by atoms with van der Waals surface area (Å²) < 4.78 is 73.6. The lowest BCUT2D eigenvalue weighted by atomic mass is 10.2. The van der Waals surface area contributed by atoms with Crippen molar-refractivity contribution >= 4 is 0 Å². The van der Waals surface area contributed by atoms with Crippen molar-refractivity contribution in [1.82, 2.24) is 38.2 Å². The molecule has 18 heteroatoms. The summed E-state index contributed by atoms with van der Waals surface area (Å²) in [6.07, 6.45) is 13.2. The molecule has 9 aromatic carbocycles. The van der Waals surface area contributed by atoms with Gasteiger partial charge in [0.2, 0.25) is 12.2 Å². The normalized spacial score (nSPS) is 11.2. The third-order valence-electron chi connectivity index (χ3n) is 16.1. The molecule has 4 aromatic heterocycles. The van der Waals surface area contributed by atoms with Crippen LogP contribution in [0.5, 0.6) is 57.5 Å². The Hall–Kier alpha value is -12.2. The summed E-state index contributed by atoms with van der Waals surface area (Å²) in [5, 5.41) is 0. The predicted octanol–water partition coefficient (Wildman–Crippen LogP) is 15.6. The van der Waals surface area contributed by atoms with Crippen LogP contribution in [0.25, 0.3) is 0 Å². The Balaban J connectivity index is 0.752. The second-order valence-electron chi connectivity index (χ2n) is 23.6. The van der Waals surface area contributed by atoms with Crippen LogP contribution in [0.3, 0.4) is 0 Å². The van der Waals surface area contributed by atoms with Crippen LogP contribution < -0.4 is 47.4 Å². The molecule has 0 spiro atoms. The number of benzene rings is 9.